The van der Waals surface area contributed by atoms with Crippen LogP contribution >= 0.6 is 43.5 Å². The average molecular weight is 388 g/mol. The first kappa shape index (κ1) is 12.6. The second-order valence-corrected chi connectivity index (χ2v) is 6.31. The summed E-state index contributed by atoms with van der Waals surface area (Å²) in [6.45, 7) is 0. The predicted molar refractivity (Wildman–Crippen MR) is 79.9 cm³/mol. The molecule has 92 valence electrons. The van der Waals surface area contributed by atoms with E-state index in [0.29, 0.717) is 11.0 Å². The molecule has 0 unspecified atom stereocenters. The molecule has 1 aliphatic carbocycles. The first-order valence-corrected chi connectivity index (χ1v) is 7.62. The van der Waals surface area contributed by atoms with Crippen molar-refractivity contribution in [3.63, 3.8) is 0 Å². The molecule has 0 atom stereocenters. The van der Waals surface area contributed by atoms with E-state index in [0.717, 1.165) is 45.0 Å². The van der Waals surface area contributed by atoms with E-state index in [4.69, 9.17) is 11.6 Å². The molecule has 0 bridgehead atoms. The lowest BCUT2D eigenvalue weighted by Gasteiger charge is -2.06. The Morgan fingerprint density at radius 2 is 1.89 bits per heavy atom. The van der Waals surface area contributed by atoms with E-state index in [-0.39, 0.29) is 0 Å². The molecule has 0 saturated carbocycles. The molecule has 5 heteroatoms. The van der Waals surface area contributed by atoms with Crippen LogP contribution in [0.15, 0.2) is 27.1 Å². The average Bonchev–Trinajstić information content (AvgIpc) is 2.81. The van der Waals surface area contributed by atoms with Crippen molar-refractivity contribution in [1.29, 1.82) is 0 Å². The van der Waals surface area contributed by atoms with Crippen LogP contribution in [0.4, 0.5) is 0 Å². The third-order valence-electron chi connectivity index (χ3n) is 3.06. The summed E-state index contributed by atoms with van der Waals surface area (Å²) in [6.07, 6.45) is 3.12. The van der Waals surface area contributed by atoms with Gasteiger partial charge in [0.2, 0.25) is 0 Å². The van der Waals surface area contributed by atoms with Gasteiger partial charge in [0, 0.05) is 25.8 Å². The van der Waals surface area contributed by atoms with Gasteiger partial charge in [-0.15, -0.1) is 0 Å². The highest BCUT2D eigenvalue weighted by Crippen LogP contribution is 2.31. The molecule has 2 aromatic rings. The normalized spacial score (nSPS) is 13.7. The second kappa shape index (κ2) is 4.91. The highest BCUT2D eigenvalue weighted by Gasteiger charge is 2.18. The summed E-state index contributed by atoms with van der Waals surface area (Å²) in [6, 6.07) is 5.96. The molecule has 0 radical (unpaired) electrons. The van der Waals surface area contributed by atoms with Crippen LogP contribution in [-0.4, -0.2) is 9.97 Å². The third-order valence-corrected chi connectivity index (χ3v) is 5.25. The molecule has 1 heterocycles. The van der Waals surface area contributed by atoms with Gasteiger partial charge < -0.3 is 0 Å². The van der Waals surface area contributed by atoms with Crippen molar-refractivity contribution in [2.24, 2.45) is 0 Å². The van der Waals surface area contributed by atoms with Crippen LogP contribution in [0.5, 0.6) is 0 Å². The van der Waals surface area contributed by atoms with Gasteiger partial charge in [0.1, 0.15) is 5.15 Å². The molecule has 3 rings (SSSR count). The van der Waals surface area contributed by atoms with Gasteiger partial charge in [-0.2, -0.15) is 0 Å². The molecule has 0 spiro atoms. The first-order valence-electron chi connectivity index (χ1n) is 5.66. The van der Waals surface area contributed by atoms with Crippen LogP contribution < -0.4 is 0 Å². The van der Waals surface area contributed by atoms with E-state index in [1.54, 1.807) is 0 Å². The minimum absolute atomic E-state index is 0.603. The minimum Gasteiger partial charge on any atom is -0.233 e. The first-order chi connectivity index (χ1) is 8.65. The maximum absolute atomic E-state index is 6.22. The smallest absolute Gasteiger partial charge is 0.161 e. The van der Waals surface area contributed by atoms with E-state index in [9.17, 15) is 0 Å². The quantitative estimate of drug-likeness (QED) is 0.655. The number of aryl methyl sites for hydroxylation is 1. The summed E-state index contributed by atoms with van der Waals surface area (Å²) in [5.41, 5.74) is 3.20. The topological polar surface area (TPSA) is 25.8 Å². The van der Waals surface area contributed by atoms with Crippen LogP contribution in [0.1, 0.15) is 17.7 Å². The zero-order valence-corrected chi connectivity index (χ0v) is 13.3. The predicted octanol–water partition coefficient (Wildman–Crippen LogP) is 4.81. The van der Waals surface area contributed by atoms with E-state index < -0.39 is 0 Å². The number of fused-ring (bicyclic) bond motifs is 1. The lowest BCUT2D eigenvalue weighted by atomic mass is 10.2. The van der Waals surface area contributed by atoms with Crippen LogP contribution in [0, 0.1) is 0 Å². The van der Waals surface area contributed by atoms with Gasteiger partial charge >= 0.3 is 0 Å². The zero-order valence-electron chi connectivity index (χ0n) is 9.38. The van der Waals surface area contributed by atoms with Crippen LogP contribution in [0.2, 0.25) is 5.15 Å². The minimum atomic E-state index is 0.603. The Kier molecular flexibility index (Phi) is 3.43. The molecule has 2 nitrogen and oxygen atoms in total. The van der Waals surface area contributed by atoms with Gasteiger partial charge in [-0.1, -0.05) is 11.6 Å². The molecule has 0 fully saturated rings. The standard InChI is InChI=1S/C13H9Br2ClN2/c14-9-5-4-7(6-10(9)15)13-17-11-3-1-2-8(11)12(16)18-13/h4-6H,1-3H2. The zero-order chi connectivity index (χ0) is 12.7. The Bertz CT molecular complexity index is 629. The number of rotatable bonds is 1. The van der Waals surface area contributed by atoms with Crippen molar-refractivity contribution in [2.75, 3.05) is 0 Å². The highest BCUT2D eigenvalue weighted by molar-refractivity contribution is 9.13. The summed E-state index contributed by atoms with van der Waals surface area (Å²) in [4.78, 5) is 9.03. The molecular weight excluding hydrogens is 379 g/mol. The summed E-state index contributed by atoms with van der Waals surface area (Å²) < 4.78 is 2.00. The van der Waals surface area contributed by atoms with Crippen molar-refractivity contribution in [3.05, 3.63) is 43.6 Å². The van der Waals surface area contributed by atoms with Crippen molar-refractivity contribution in [2.45, 2.75) is 19.3 Å². The Hall–Kier alpha value is -0.450. The molecule has 18 heavy (non-hydrogen) atoms. The maximum Gasteiger partial charge on any atom is 0.161 e. The number of hydrogen-bond acceptors (Lipinski definition) is 2. The van der Waals surface area contributed by atoms with E-state index in [2.05, 4.69) is 41.8 Å². The molecule has 1 aromatic carbocycles. The summed E-state index contributed by atoms with van der Waals surface area (Å²) in [5.74, 6) is 0.703. The lowest BCUT2D eigenvalue weighted by molar-refractivity contribution is 0.900. The highest BCUT2D eigenvalue weighted by atomic mass is 79.9. The molecule has 0 amide bonds. The summed E-state index contributed by atoms with van der Waals surface area (Å²) in [5, 5.41) is 0.603. The molecular formula is C13H9Br2ClN2. The maximum atomic E-state index is 6.22. The van der Waals surface area contributed by atoms with E-state index in [1.165, 1.54) is 0 Å². The molecule has 1 aromatic heterocycles. The van der Waals surface area contributed by atoms with Gasteiger partial charge in [-0.3, -0.25) is 0 Å². The van der Waals surface area contributed by atoms with Crippen LogP contribution in [0.3, 0.4) is 0 Å². The molecule has 1 aliphatic rings. The SMILES string of the molecule is Clc1nc(-c2ccc(Br)c(Br)c2)nc2c1CCC2. The van der Waals surface area contributed by atoms with Gasteiger partial charge in [-0.05, 0) is 69.3 Å². The lowest BCUT2D eigenvalue weighted by Crippen LogP contribution is -1.97. The van der Waals surface area contributed by atoms with Gasteiger partial charge in [-0.25, -0.2) is 9.97 Å². The fourth-order valence-corrected chi connectivity index (χ4v) is 3.06. The Morgan fingerprint density at radius 1 is 1.06 bits per heavy atom. The van der Waals surface area contributed by atoms with Gasteiger partial charge in [0.15, 0.2) is 5.82 Å². The van der Waals surface area contributed by atoms with Gasteiger partial charge in [0.25, 0.3) is 0 Å². The van der Waals surface area contributed by atoms with E-state index in [1.807, 2.05) is 18.2 Å². The number of hydrogen-bond donors (Lipinski definition) is 0. The summed E-state index contributed by atoms with van der Waals surface area (Å²) in [7, 11) is 0. The molecule has 0 aliphatic heterocycles. The van der Waals surface area contributed by atoms with Crippen LogP contribution in [-0.2, 0) is 12.8 Å². The summed E-state index contributed by atoms with van der Waals surface area (Å²) >= 11 is 13.2. The monoisotopic (exact) mass is 386 g/mol. The Balaban J connectivity index is 2.12. The third kappa shape index (κ3) is 2.22. The number of aromatic nitrogens is 2. The van der Waals surface area contributed by atoms with Crippen molar-refractivity contribution in [1.82, 2.24) is 9.97 Å². The largest absolute Gasteiger partial charge is 0.233 e. The van der Waals surface area contributed by atoms with Gasteiger partial charge in [0.05, 0.1) is 0 Å². The van der Waals surface area contributed by atoms with Crippen molar-refractivity contribution in [3.8, 4) is 11.4 Å². The number of nitrogens with zero attached hydrogens (tertiary/aromatic N) is 2. The molecule has 0 N–H and O–H groups in total. The van der Waals surface area contributed by atoms with Crippen LogP contribution in [0.25, 0.3) is 11.4 Å². The number of benzene rings is 1. The Morgan fingerprint density at radius 3 is 2.67 bits per heavy atom. The van der Waals surface area contributed by atoms with Crippen molar-refractivity contribution < 1.29 is 0 Å². The number of halogens is 3. The van der Waals surface area contributed by atoms with Crippen molar-refractivity contribution >= 4 is 43.5 Å². The second-order valence-electron chi connectivity index (χ2n) is 4.25. The van der Waals surface area contributed by atoms with E-state index >= 15 is 0 Å². The fraction of sp³-hybridized carbons (Fsp3) is 0.231. The Labute approximate surface area is 127 Å². The fourth-order valence-electron chi connectivity index (χ4n) is 2.15. The molecule has 0 saturated heterocycles.